The number of Topliss-reactive ketones (excluding diaryl/α,β-unsaturated/α-hetero) is 1. The van der Waals surface area contributed by atoms with Crippen LogP contribution in [0.4, 0.5) is 0 Å². The van der Waals surface area contributed by atoms with Gasteiger partial charge in [0.05, 0.1) is 26.9 Å². The highest BCUT2D eigenvalue weighted by atomic mass is 16.5. The van der Waals surface area contributed by atoms with E-state index in [0.29, 0.717) is 34.1 Å². The molecule has 4 rings (SSSR count). The van der Waals surface area contributed by atoms with E-state index in [9.17, 15) is 9.59 Å². The first kappa shape index (κ1) is 21.0. The minimum atomic E-state index is -0.656. The topological polar surface area (TPSA) is 80.3 Å². The zero-order chi connectivity index (χ0) is 22.7. The van der Waals surface area contributed by atoms with Crippen molar-refractivity contribution in [2.45, 2.75) is 0 Å². The Balaban J connectivity index is 1.65. The van der Waals surface area contributed by atoms with Gasteiger partial charge in [-0.25, -0.2) is 4.79 Å². The van der Waals surface area contributed by atoms with Crippen LogP contribution >= 0.6 is 0 Å². The second-order valence-corrected chi connectivity index (χ2v) is 6.77. The fourth-order valence-electron chi connectivity index (χ4n) is 3.33. The van der Waals surface area contributed by atoms with Gasteiger partial charge in [-0.05, 0) is 36.4 Å². The van der Waals surface area contributed by atoms with Crippen LogP contribution in [0.2, 0.25) is 0 Å². The number of hydrogen-bond acceptors (Lipinski definition) is 7. The zero-order valence-corrected chi connectivity index (χ0v) is 17.7. The fourth-order valence-corrected chi connectivity index (χ4v) is 3.33. The van der Waals surface area contributed by atoms with E-state index in [1.807, 2.05) is 0 Å². The van der Waals surface area contributed by atoms with Crippen LogP contribution in [0, 0.1) is 0 Å². The largest absolute Gasteiger partial charge is 0.497 e. The highest BCUT2D eigenvalue weighted by Crippen LogP contribution is 2.36. The van der Waals surface area contributed by atoms with Gasteiger partial charge in [0.2, 0.25) is 5.78 Å². The lowest BCUT2D eigenvalue weighted by atomic mass is 10.1. The number of esters is 1. The van der Waals surface area contributed by atoms with Crippen LogP contribution in [0.1, 0.15) is 26.3 Å². The van der Waals surface area contributed by atoms with Crippen molar-refractivity contribution in [2.24, 2.45) is 0 Å². The number of ether oxygens (including phenoxy) is 5. The van der Waals surface area contributed by atoms with E-state index in [4.69, 9.17) is 23.7 Å². The molecule has 3 aromatic carbocycles. The van der Waals surface area contributed by atoms with Crippen molar-refractivity contribution in [3.8, 4) is 28.7 Å². The predicted molar refractivity (Wildman–Crippen MR) is 117 cm³/mol. The molecule has 0 N–H and O–H groups in total. The number of methoxy groups -OCH3 is 3. The fraction of sp³-hybridized carbons (Fsp3) is 0.120. The molecule has 162 valence electrons. The number of para-hydroxylation sites is 1. The van der Waals surface area contributed by atoms with E-state index < -0.39 is 5.97 Å². The summed E-state index contributed by atoms with van der Waals surface area (Å²) in [6, 6.07) is 16.8. The summed E-state index contributed by atoms with van der Waals surface area (Å²) in [5.74, 6) is 1.08. The molecule has 0 aromatic heterocycles. The summed E-state index contributed by atoms with van der Waals surface area (Å²) in [5.41, 5.74) is 1.09. The van der Waals surface area contributed by atoms with Crippen molar-refractivity contribution in [3.05, 3.63) is 83.1 Å². The summed E-state index contributed by atoms with van der Waals surface area (Å²) >= 11 is 0. The smallest absolute Gasteiger partial charge is 0.351 e. The van der Waals surface area contributed by atoms with Crippen molar-refractivity contribution in [1.82, 2.24) is 0 Å². The van der Waals surface area contributed by atoms with Gasteiger partial charge >= 0.3 is 5.97 Å². The summed E-state index contributed by atoms with van der Waals surface area (Å²) in [6.07, 6.45) is 1.54. The Morgan fingerprint density at radius 3 is 2.22 bits per heavy atom. The Hall–Kier alpha value is -4.26. The number of hydrogen-bond donors (Lipinski definition) is 0. The normalized spacial score (nSPS) is 13.3. The minimum Gasteiger partial charge on any atom is -0.497 e. The first-order valence-corrected chi connectivity index (χ1v) is 9.70. The number of fused-ring (bicyclic) bond motifs is 1. The van der Waals surface area contributed by atoms with Crippen LogP contribution in [0.25, 0.3) is 6.08 Å². The lowest BCUT2D eigenvalue weighted by Gasteiger charge is -2.13. The highest BCUT2D eigenvalue weighted by molar-refractivity contribution is 6.14. The summed E-state index contributed by atoms with van der Waals surface area (Å²) in [6.45, 7) is 0. The van der Waals surface area contributed by atoms with E-state index in [2.05, 4.69) is 0 Å². The maximum Gasteiger partial charge on any atom is 0.351 e. The van der Waals surface area contributed by atoms with Gasteiger partial charge in [0.1, 0.15) is 34.3 Å². The molecule has 3 aromatic rings. The standard InChI is InChI=1S/C25H20O7/c1-28-16-11-12-17-21(14-16)31-22(24(17)26)13-15-7-4-5-8-18(15)32-25(27)23-19(29-2)9-6-10-20(23)30-3/h4-14H,1-3H3/b22-13-. The molecule has 0 saturated heterocycles. The van der Waals surface area contributed by atoms with Crippen LogP contribution in [0.15, 0.2) is 66.4 Å². The second-order valence-electron chi connectivity index (χ2n) is 6.77. The number of carbonyl (C=O) groups is 2. The summed E-state index contributed by atoms with van der Waals surface area (Å²) < 4.78 is 27.1. The molecule has 7 heteroatoms. The number of benzene rings is 3. The number of carbonyl (C=O) groups excluding carboxylic acids is 2. The van der Waals surface area contributed by atoms with Gasteiger partial charge in [-0.1, -0.05) is 24.3 Å². The molecule has 0 aliphatic carbocycles. The van der Waals surface area contributed by atoms with E-state index in [1.165, 1.54) is 27.4 Å². The van der Waals surface area contributed by atoms with Gasteiger partial charge in [0, 0.05) is 11.6 Å². The molecule has 0 radical (unpaired) electrons. The van der Waals surface area contributed by atoms with Crippen molar-refractivity contribution >= 4 is 17.8 Å². The Labute approximate surface area is 184 Å². The maximum atomic E-state index is 13.0. The Bertz CT molecular complexity index is 1200. The Morgan fingerprint density at radius 2 is 1.53 bits per heavy atom. The summed E-state index contributed by atoms with van der Waals surface area (Å²) in [7, 11) is 4.45. The summed E-state index contributed by atoms with van der Waals surface area (Å²) in [4.78, 5) is 25.7. The molecule has 0 fully saturated rings. The second kappa shape index (κ2) is 8.85. The molecule has 1 heterocycles. The molecule has 0 saturated carbocycles. The molecule has 0 spiro atoms. The quantitative estimate of drug-likeness (QED) is 0.321. The third-order valence-corrected chi connectivity index (χ3v) is 4.92. The van der Waals surface area contributed by atoms with E-state index in [1.54, 1.807) is 60.7 Å². The van der Waals surface area contributed by atoms with Gasteiger partial charge in [0.25, 0.3) is 0 Å². The highest BCUT2D eigenvalue weighted by Gasteiger charge is 2.28. The maximum absolute atomic E-state index is 13.0. The average molecular weight is 432 g/mol. The van der Waals surface area contributed by atoms with Crippen molar-refractivity contribution in [2.75, 3.05) is 21.3 Å². The Kier molecular flexibility index (Phi) is 5.81. The molecule has 0 amide bonds. The lowest BCUT2D eigenvalue weighted by Crippen LogP contribution is -2.12. The Morgan fingerprint density at radius 1 is 0.844 bits per heavy atom. The molecule has 0 bridgehead atoms. The number of allylic oxidation sites excluding steroid dienone is 1. The van der Waals surface area contributed by atoms with Crippen LogP contribution < -0.4 is 23.7 Å². The van der Waals surface area contributed by atoms with Gasteiger partial charge in [-0.3, -0.25) is 4.79 Å². The molecular weight excluding hydrogens is 412 g/mol. The molecule has 1 aliphatic heterocycles. The molecule has 0 unspecified atom stereocenters. The first-order valence-electron chi connectivity index (χ1n) is 9.70. The van der Waals surface area contributed by atoms with Crippen molar-refractivity contribution < 1.29 is 33.3 Å². The van der Waals surface area contributed by atoms with Crippen molar-refractivity contribution in [1.29, 1.82) is 0 Å². The van der Waals surface area contributed by atoms with E-state index in [-0.39, 0.29) is 22.9 Å². The van der Waals surface area contributed by atoms with E-state index >= 15 is 0 Å². The monoisotopic (exact) mass is 432 g/mol. The van der Waals surface area contributed by atoms with Crippen molar-refractivity contribution in [3.63, 3.8) is 0 Å². The first-order chi connectivity index (χ1) is 15.5. The van der Waals surface area contributed by atoms with Gasteiger partial charge in [0.15, 0.2) is 5.76 Å². The predicted octanol–water partition coefficient (Wildman–Crippen LogP) is 4.55. The van der Waals surface area contributed by atoms with E-state index in [0.717, 1.165) is 0 Å². The van der Waals surface area contributed by atoms with Crippen LogP contribution in [0.5, 0.6) is 28.7 Å². The third kappa shape index (κ3) is 3.88. The van der Waals surface area contributed by atoms with Crippen LogP contribution in [0.3, 0.4) is 0 Å². The average Bonchev–Trinajstić information content (AvgIpc) is 3.13. The van der Waals surface area contributed by atoms with Gasteiger partial charge in [-0.15, -0.1) is 0 Å². The number of rotatable bonds is 6. The molecule has 32 heavy (non-hydrogen) atoms. The van der Waals surface area contributed by atoms with Crippen LogP contribution in [-0.2, 0) is 0 Å². The lowest BCUT2D eigenvalue weighted by molar-refractivity contribution is 0.0727. The third-order valence-electron chi connectivity index (χ3n) is 4.92. The number of ketones is 1. The summed E-state index contributed by atoms with van der Waals surface area (Å²) in [5, 5.41) is 0. The van der Waals surface area contributed by atoms with Crippen LogP contribution in [-0.4, -0.2) is 33.1 Å². The van der Waals surface area contributed by atoms with Gasteiger partial charge in [-0.2, -0.15) is 0 Å². The molecule has 7 nitrogen and oxygen atoms in total. The molecule has 0 atom stereocenters. The van der Waals surface area contributed by atoms with Gasteiger partial charge < -0.3 is 23.7 Å². The molecule has 1 aliphatic rings. The SMILES string of the molecule is COc1ccc2c(c1)O/C(=C\c1ccccc1OC(=O)c1c(OC)cccc1OC)C2=O. The molecular formula is C25H20O7. The minimum absolute atomic E-state index is 0.117. The zero-order valence-electron chi connectivity index (χ0n) is 17.7.